The Hall–Kier alpha value is -1.98. The monoisotopic (exact) mass is 404 g/mol. The van der Waals surface area contributed by atoms with E-state index in [4.69, 9.17) is 11.6 Å². The van der Waals surface area contributed by atoms with Gasteiger partial charge in [0.05, 0.1) is 5.75 Å². The van der Waals surface area contributed by atoms with Gasteiger partial charge in [0, 0.05) is 27.7 Å². The quantitative estimate of drug-likeness (QED) is 0.602. The lowest BCUT2D eigenvalue weighted by molar-refractivity contribution is -0.118. The van der Waals surface area contributed by atoms with Crippen LogP contribution in [-0.4, -0.2) is 17.6 Å². The first-order valence-corrected chi connectivity index (χ1v) is 10.1. The van der Waals surface area contributed by atoms with Gasteiger partial charge >= 0.3 is 0 Å². The highest BCUT2D eigenvalue weighted by atomic mass is 35.5. The van der Waals surface area contributed by atoms with Crippen LogP contribution in [0.25, 0.3) is 0 Å². The molecule has 0 saturated carbocycles. The molecule has 27 heavy (non-hydrogen) atoms. The lowest BCUT2D eigenvalue weighted by Gasteiger charge is -2.17. The minimum absolute atomic E-state index is 0.0150. The molecule has 0 heterocycles. The summed E-state index contributed by atoms with van der Waals surface area (Å²) in [7, 11) is 0. The van der Waals surface area contributed by atoms with Crippen molar-refractivity contribution in [2.24, 2.45) is 5.41 Å². The fraction of sp³-hybridized carbons (Fsp3) is 0.333. The molecule has 0 bridgehead atoms. The number of benzene rings is 2. The molecule has 2 amide bonds. The lowest BCUT2D eigenvalue weighted by atomic mass is 9.92. The molecule has 144 valence electrons. The molecule has 0 aliphatic rings. The highest BCUT2D eigenvalue weighted by Gasteiger charge is 2.16. The van der Waals surface area contributed by atoms with Crippen LogP contribution in [0.3, 0.4) is 0 Å². The summed E-state index contributed by atoms with van der Waals surface area (Å²) in [6.45, 7) is 7.95. The number of rotatable bonds is 6. The minimum atomic E-state index is -0.104. The van der Waals surface area contributed by atoms with Gasteiger partial charge in [-0.15, -0.1) is 11.8 Å². The van der Waals surface area contributed by atoms with E-state index in [2.05, 4.69) is 10.6 Å². The van der Waals surface area contributed by atoms with Crippen molar-refractivity contribution in [2.75, 3.05) is 16.4 Å². The molecule has 0 spiro atoms. The molecule has 2 aromatic rings. The second-order valence-corrected chi connectivity index (χ2v) is 9.02. The van der Waals surface area contributed by atoms with Crippen molar-refractivity contribution in [3.8, 4) is 0 Å². The minimum Gasteiger partial charge on any atom is -0.326 e. The molecule has 2 aromatic carbocycles. The molecule has 0 aliphatic carbocycles. The number of carbonyl (C=O) groups is 2. The number of hydrogen-bond acceptors (Lipinski definition) is 3. The number of hydrogen-bond donors (Lipinski definition) is 2. The maximum absolute atomic E-state index is 12.2. The predicted octanol–water partition coefficient (Wildman–Crippen LogP) is 5.75. The predicted molar refractivity (Wildman–Crippen MR) is 115 cm³/mol. The molecule has 0 radical (unpaired) electrons. The summed E-state index contributed by atoms with van der Waals surface area (Å²) in [5.74, 6) is 0.150. The third-order valence-corrected chi connectivity index (χ3v) is 5.12. The van der Waals surface area contributed by atoms with Crippen LogP contribution in [-0.2, 0) is 9.59 Å². The van der Waals surface area contributed by atoms with E-state index >= 15 is 0 Å². The van der Waals surface area contributed by atoms with Crippen LogP contribution >= 0.6 is 23.4 Å². The first-order chi connectivity index (χ1) is 12.6. The number of amides is 2. The second kappa shape index (κ2) is 9.29. The van der Waals surface area contributed by atoms with E-state index in [0.29, 0.717) is 11.4 Å². The standard InChI is InChI=1S/C21H25ClN2O2S/c1-14-17(22)9-6-10-18(14)24-20(26)13-27-16-8-5-7-15(11-16)23-19(25)12-21(2,3)4/h5-11H,12-13H2,1-4H3,(H,23,25)(H,24,26). The smallest absolute Gasteiger partial charge is 0.234 e. The van der Waals surface area contributed by atoms with Crippen molar-refractivity contribution in [1.82, 2.24) is 0 Å². The Labute approximate surface area is 170 Å². The maximum atomic E-state index is 12.2. The van der Waals surface area contributed by atoms with Gasteiger partial charge in [0.1, 0.15) is 0 Å². The van der Waals surface area contributed by atoms with Crippen molar-refractivity contribution >= 4 is 46.6 Å². The largest absolute Gasteiger partial charge is 0.326 e. The Morgan fingerprint density at radius 2 is 1.74 bits per heavy atom. The number of halogens is 1. The summed E-state index contributed by atoms with van der Waals surface area (Å²) in [6, 6.07) is 12.9. The van der Waals surface area contributed by atoms with Gasteiger partial charge in [0.15, 0.2) is 0 Å². The van der Waals surface area contributed by atoms with Crippen LogP contribution in [0.5, 0.6) is 0 Å². The van der Waals surface area contributed by atoms with Crippen molar-refractivity contribution < 1.29 is 9.59 Å². The van der Waals surface area contributed by atoms with Crippen LogP contribution < -0.4 is 10.6 Å². The summed E-state index contributed by atoms with van der Waals surface area (Å²) >= 11 is 7.49. The molecule has 0 aliphatic heterocycles. The van der Waals surface area contributed by atoms with Gasteiger partial charge in [-0.1, -0.05) is 44.5 Å². The van der Waals surface area contributed by atoms with Crippen molar-refractivity contribution in [3.05, 3.63) is 53.1 Å². The van der Waals surface area contributed by atoms with E-state index in [1.807, 2.05) is 64.1 Å². The topological polar surface area (TPSA) is 58.2 Å². The van der Waals surface area contributed by atoms with E-state index in [0.717, 1.165) is 21.8 Å². The van der Waals surface area contributed by atoms with E-state index in [1.54, 1.807) is 6.07 Å². The fourth-order valence-corrected chi connectivity index (χ4v) is 3.36. The zero-order valence-electron chi connectivity index (χ0n) is 16.1. The molecule has 0 saturated heterocycles. The summed E-state index contributed by atoms with van der Waals surface area (Å²) in [5, 5.41) is 6.42. The second-order valence-electron chi connectivity index (χ2n) is 7.56. The first-order valence-electron chi connectivity index (χ1n) is 8.72. The Balaban J connectivity index is 1.91. The lowest BCUT2D eigenvalue weighted by Crippen LogP contribution is -2.19. The molecular weight excluding hydrogens is 380 g/mol. The zero-order chi connectivity index (χ0) is 20.0. The van der Waals surface area contributed by atoms with Gasteiger partial charge in [-0.2, -0.15) is 0 Å². The molecule has 0 atom stereocenters. The zero-order valence-corrected chi connectivity index (χ0v) is 17.6. The summed E-state index contributed by atoms with van der Waals surface area (Å²) in [5.41, 5.74) is 2.24. The molecule has 0 fully saturated rings. The number of nitrogens with one attached hydrogen (secondary N) is 2. The first kappa shape index (κ1) is 21.3. The van der Waals surface area contributed by atoms with Gasteiger partial charge < -0.3 is 10.6 Å². The maximum Gasteiger partial charge on any atom is 0.234 e. The average Bonchev–Trinajstić information content (AvgIpc) is 2.56. The number of thioether (sulfide) groups is 1. The van der Waals surface area contributed by atoms with Crippen LogP contribution in [0, 0.1) is 12.3 Å². The summed E-state index contributed by atoms with van der Waals surface area (Å²) in [4.78, 5) is 25.2. The van der Waals surface area contributed by atoms with Crippen LogP contribution in [0.1, 0.15) is 32.8 Å². The van der Waals surface area contributed by atoms with E-state index in [-0.39, 0.29) is 23.0 Å². The highest BCUT2D eigenvalue weighted by Crippen LogP contribution is 2.25. The van der Waals surface area contributed by atoms with Crippen molar-refractivity contribution in [3.63, 3.8) is 0 Å². The van der Waals surface area contributed by atoms with E-state index < -0.39 is 0 Å². The van der Waals surface area contributed by atoms with Crippen molar-refractivity contribution in [2.45, 2.75) is 39.0 Å². The van der Waals surface area contributed by atoms with Crippen LogP contribution in [0.2, 0.25) is 5.02 Å². The summed E-state index contributed by atoms with van der Waals surface area (Å²) < 4.78 is 0. The van der Waals surface area contributed by atoms with Crippen LogP contribution in [0.15, 0.2) is 47.4 Å². The van der Waals surface area contributed by atoms with Crippen LogP contribution in [0.4, 0.5) is 11.4 Å². The SMILES string of the molecule is Cc1c(Cl)cccc1NC(=O)CSc1cccc(NC(=O)CC(C)(C)C)c1. The van der Waals surface area contributed by atoms with Gasteiger partial charge in [-0.25, -0.2) is 0 Å². The molecule has 2 rings (SSSR count). The van der Waals surface area contributed by atoms with Crippen molar-refractivity contribution in [1.29, 1.82) is 0 Å². The van der Waals surface area contributed by atoms with Gasteiger partial charge in [0.2, 0.25) is 11.8 Å². The van der Waals surface area contributed by atoms with Gasteiger partial charge in [-0.05, 0) is 48.2 Å². The number of anilines is 2. The van der Waals surface area contributed by atoms with E-state index in [1.165, 1.54) is 11.8 Å². The van der Waals surface area contributed by atoms with E-state index in [9.17, 15) is 9.59 Å². The normalized spacial score (nSPS) is 11.1. The molecular formula is C21H25ClN2O2S. The van der Waals surface area contributed by atoms with Gasteiger partial charge in [0.25, 0.3) is 0 Å². The molecule has 6 heteroatoms. The molecule has 2 N–H and O–H groups in total. The summed E-state index contributed by atoms with van der Waals surface area (Å²) in [6.07, 6.45) is 0.450. The molecule has 4 nitrogen and oxygen atoms in total. The molecule has 0 aromatic heterocycles. The Kier molecular flexibility index (Phi) is 7.33. The fourth-order valence-electron chi connectivity index (χ4n) is 2.43. The Bertz CT molecular complexity index is 831. The third kappa shape index (κ3) is 7.27. The average molecular weight is 405 g/mol. The Morgan fingerprint density at radius 1 is 1.04 bits per heavy atom. The molecule has 0 unspecified atom stereocenters. The van der Waals surface area contributed by atoms with Gasteiger partial charge in [-0.3, -0.25) is 9.59 Å². The Morgan fingerprint density at radius 3 is 2.44 bits per heavy atom. The number of carbonyl (C=O) groups excluding carboxylic acids is 2. The third-order valence-electron chi connectivity index (χ3n) is 3.72. The highest BCUT2D eigenvalue weighted by molar-refractivity contribution is 8.00.